The minimum atomic E-state index is -0.252. The summed E-state index contributed by atoms with van der Waals surface area (Å²) in [5.74, 6) is -0.425. The van der Waals surface area contributed by atoms with Crippen molar-refractivity contribution < 1.29 is 14.3 Å². The minimum Gasteiger partial charge on any atom is -0.385 e. The van der Waals surface area contributed by atoms with Gasteiger partial charge in [-0.15, -0.1) is 0 Å². The van der Waals surface area contributed by atoms with Crippen molar-refractivity contribution in [2.24, 2.45) is 0 Å². The lowest BCUT2D eigenvalue weighted by atomic mass is 10.1. The van der Waals surface area contributed by atoms with E-state index < -0.39 is 0 Å². The number of halogens is 1. The van der Waals surface area contributed by atoms with Crippen LogP contribution in [0.1, 0.15) is 32.7 Å². The molecule has 5 nitrogen and oxygen atoms in total. The van der Waals surface area contributed by atoms with E-state index in [0.717, 1.165) is 12.0 Å². The highest BCUT2D eigenvalue weighted by Gasteiger charge is 2.11. The summed E-state index contributed by atoms with van der Waals surface area (Å²) in [6, 6.07) is 11.9. The molecule has 132 valence electrons. The minimum absolute atomic E-state index is 0.172. The van der Waals surface area contributed by atoms with E-state index in [-0.39, 0.29) is 11.8 Å². The van der Waals surface area contributed by atoms with Gasteiger partial charge < -0.3 is 15.4 Å². The fourth-order valence-electron chi connectivity index (χ4n) is 2.23. The molecule has 2 rings (SSSR count). The molecule has 0 spiro atoms. The van der Waals surface area contributed by atoms with E-state index in [4.69, 9.17) is 16.3 Å². The first-order valence-corrected chi connectivity index (χ1v) is 8.34. The Morgan fingerprint density at radius 1 is 1.04 bits per heavy atom. The maximum Gasteiger partial charge on any atom is 0.255 e. The van der Waals surface area contributed by atoms with E-state index >= 15 is 0 Å². The Balaban J connectivity index is 1.98. The van der Waals surface area contributed by atoms with E-state index in [1.165, 1.54) is 0 Å². The van der Waals surface area contributed by atoms with Crippen LogP contribution in [0.3, 0.4) is 0 Å². The lowest BCUT2D eigenvalue weighted by Gasteiger charge is -2.10. The maximum atomic E-state index is 12.3. The molecule has 0 aliphatic carbocycles. The molecule has 0 aromatic heterocycles. The van der Waals surface area contributed by atoms with Gasteiger partial charge in [-0.3, -0.25) is 9.59 Å². The first-order chi connectivity index (χ1) is 12.0. The van der Waals surface area contributed by atoms with Crippen LogP contribution in [0, 0.1) is 6.92 Å². The number of rotatable bonds is 7. The molecule has 2 aromatic rings. The van der Waals surface area contributed by atoms with E-state index in [2.05, 4.69) is 10.6 Å². The van der Waals surface area contributed by atoms with Crippen LogP contribution < -0.4 is 10.6 Å². The number of carbonyl (C=O) groups is 2. The predicted octanol–water partition coefficient (Wildman–Crippen LogP) is 3.67. The van der Waals surface area contributed by atoms with Crippen LogP contribution in [-0.4, -0.2) is 32.1 Å². The number of ether oxygens (including phenoxy) is 1. The molecule has 0 saturated carbocycles. The average molecular weight is 361 g/mol. The molecular formula is C19H21ClN2O3. The van der Waals surface area contributed by atoms with Crippen molar-refractivity contribution in [2.75, 3.05) is 25.6 Å². The van der Waals surface area contributed by atoms with Gasteiger partial charge in [-0.2, -0.15) is 0 Å². The van der Waals surface area contributed by atoms with Crippen molar-refractivity contribution in [1.82, 2.24) is 5.32 Å². The number of amides is 2. The molecule has 0 saturated heterocycles. The third-order valence-electron chi connectivity index (χ3n) is 3.74. The second-order valence-corrected chi connectivity index (χ2v) is 5.95. The molecule has 0 bridgehead atoms. The van der Waals surface area contributed by atoms with Crippen molar-refractivity contribution in [3.8, 4) is 0 Å². The van der Waals surface area contributed by atoms with Gasteiger partial charge in [-0.1, -0.05) is 17.7 Å². The number of anilines is 1. The molecule has 2 aromatic carbocycles. The lowest BCUT2D eigenvalue weighted by molar-refractivity contribution is 0.0947. The lowest BCUT2D eigenvalue weighted by Crippen LogP contribution is -2.25. The number of hydrogen-bond donors (Lipinski definition) is 2. The van der Waals surface area contributed by atoms with Gasteiger partial charge >= 0.3 is 0 Å². The van der Waals surface area contributed by atoms with Gasteiger partial charge in [0, 0.05) is 42.1 Å². The number of hydrogen-bond acceptors (Lipinski definition) is 3. The monoisotopic (exact) mass is 360 g/mol. The fourth-order valence-corrected chi connectivity index (χ4v) is 2.41. The second-order valence-electron chi connectivity index (χ2n) is 5.55. The fraction of sp³-hybridized carbons (Fsp3) is 0.263. The highest BCUT2D eigenvalue weighted by molar-refractivity contribution is 6.31. The van der Waals surface area contributed by atoms with E-state index in [1.54, 1.807) is 49.6 Å². The highest BCUT2D eigenvalue weighted by Crippen LogP contribution is 2.23. The standard InChI is InChI=1S/C19H21ClN2O3/c1-13-16(20)5-3-6-17(13)22-19(24)15-9-7-14(8-10-15)18(23)21-11-4-12-25-2/h3,5-10H,4,11-12H2,1-2H3,(H,21,23)(H,22,24). The van der Waals surface area contributed by atoms with E-state index in [0.29, 0.717) is 35.0 Å². The van der Waals surface area contributed by atoms with Crippen LogP contribution in [-0.2, 0) is 4.74 Å². The Hall–Kier alpha value is -2.37. The Kier molecular flexibility index (Phi) is 6.98. The van der Waals surface area contributed by atoms with Crippen LogP contribution >= 0.6 is 11.6 Å². The summed E-state index contributed by atoms with van der Waals surface area (Å²) in [5, 5.41) is 6.22. The first kappa shape index (κ1) is 19.0. The third-order valence-corrected chi connectivity index (χ3v) is 4.15. The summed E-state index contributed by atoms with van der Waals surface area (Å²) in [4.78, 5) is 24.3. The largest absolute Gasteiger partial charge is 0.385 e. The van der Waals surface area contributed by atoms with Crippen LogP contribution in [0.5, 0.6) is 0 Å². The Labute approximate surface area is 152 Å². The Morgan fingerprint density at radius 3 is 2.32 bits per heavy atom. The molecule has 0 fully saturated rings. The third kappa shape index (κ3) is 5.31. The maximum absolute atomic E-state index is 12.3. The predicted molar refractivity (Wildman–Crippen MR) is 99.4 cm³/mol. The molecule has 0 aliphatic heterocycles. The van der Waals surface area contributed by atoms with Crippen molar-refractivity contribution in [2.45, 2.75) is 13.3 Å². The molecule has 6 heteroatoms. The second kappa shape index (κ2) is 9.20. The topological polar surface area (TPSA) is 67.4 Å². The molecule has 25 heavy (non-hydrogen) atoms. The van der Waals surface area contributed by atoms with Gasteiger partial charge in [-0.05, 0) is 55.3 Å². The summed E-state index contributed by atoms with van der Waals surface area (Å²) in [6.07, 6.45) is 0.752. The molecule has 0 atom stereocenters. The summed E-state index contributed by atoms with van der Waals surface area (Å²) in [6.45, 7) is 2.99. The van der Waals surface area contributed by atoms with Gasteiger partial charge in [0.2, 0.25) is 0 Å². The van der Waals surface area contributed by atoms with Gasteiger partial charge in [0.15, 0.2) is 0 Å². The highest BCUT2D eigenvalue weighted by atomic mass is 35.5. The van der Waals surface area contributed by atoms with Crippen molar-refractivity contribution in [3.05, 3.63) is 64.2 Å². The van der Waals surface area contributed by atoms with Crippen LogP contribution in [0.25, 0.3) is 0 Å². The molecule has 2 amide bonds. The zero-order chi connectivity index (χ0) is 18.2. The summed E-state index contributed by atoms with van der Waals surface area (Å²) < 4.78 is 4.93. The number of nitrogens with one attached hydrogen (secondary N) is 2. The quantitative estimate of drug-likeness (QED) is 0.740. The smallest absolute Gasteiger partial charge is 0.255 e. The number of carbonyl (C=O) groups excluding carboxylic acids is 2. The molecule has 0 radical (unpaired) electrons. The Morgan fingerprint density at radius 2 is 1.68 bits per heavy atom. The molecule has 0 aliphatic rings. The van der Waals surface area contributed by atoms with Gasteiger partial charge in [0.05, 0.1) is 0 Å². The Bertz CT molecular complexity index is 745. The van der Waals surface area contributed by atoms with Gasteiger partial charge in [-0.25, -0.2) is 0 Å². The summed E-state index contributed by atoms with van der Waals surface area (Å²) in [5.41, 5.74) is 2.45. The van der Waals surface area contributed by atoms with E-state index in [1.807, 2.05) is 6.92 Å². The van der Waals surface area contributed by atoms with Gasteiger partial charge in [0.25, 0.3) is 11.8 Å². The summed E-state index contributed by atoms with van der Waals surface area (Å²) >= 11 is 6.06. The zero-order valence-corrected chi connectivity index (χ0v) is 15.0. The summed E-state index contributed by atoms with van der Waals surface area (Å²) in [7, 11) is 1.62. The van der Waals surface area contributed by atoms with Crippen LogP contribution in [0.2, 0.25) is 5.02 Å². The molecular weight excluding hydrogens is 340 g/mol. The van der Waals surface area contributed by atoms with E-state index in [9.17, 15) is 9.59 Å². The number of benzene rings is 2. The van der Waals surface area contributed by atoms with Crippen molar-refractivity contribution in [1.29, 1.82) is 0 Å². The van der Waals surface area contributed by atoms with Crippen LogP contribution in [0.4, 0.5) is 5.69 Å². The molecule has 0 unspecified atom stereocenters. The van der Waals surface area contributed by atoms with Crippen molar-refractivity contribution >= 4 is 29.1 Å². The van der Waals surface area contributed by atoms with Crippen LogP contribution in [0.15, 0.2) is 42.5 Å². The SMILES string of the molecule is COCCCNC(=O)c1ccc(C(=O)Nc2cccc(Cl)c2C)cc1. The zero-order valence-electron chi connectivity index (χ0n) is 14.3. The number of methoxy groups -OCH3 is 1. The van der Waals surface area contributed by atoms with Crippen molar-refractivity contribution in [3.63, 3.8) is 0 Å². The average Bonchev–Trinajstić information content (AvgIpc) is 2.62. The first-order valence-electron chi connectivity index (χ1n) is 7.96. The normalized spacial score (nSPS) is 10.4. The molecule has 2 N–H and O–H groups in total. The van der Waals surface area contributed by atoms with Gasteiger partial charge in [0.1, 0.15) is 0 Å². The molecule has 0 heterocycles.